The van der Waals surface area contributed by atoms with Crippen LogP contribution in [-0.2, 0) is 16.1 Å². The molecule has 0 bridgehead atoms. The molecule has 7 heteroatoms. The second kappa shape index (κ2) is 8.92. The van der Waals surface area contributed by atoms with Gasteiger partial charge >= 0.3 is 0 Å². The van der Waals surface area contributed by atoms with Crippen molar-refractivity contribution in [3.8, 4) is 0 Å². The van der Waals surface area contributed by atoms with Crippen molar-refractivity contribution in [1.82, 2.24) is 9.88 Å². The van der Waals surface area contributed by atoms with Crippen LogP contribution in [0.5, 0.6) is 0 Å². The zero-order chi connectivity index (χ0) is 19.2. The summed E-state index contributed by atoms with van der Waals surface area (Å²) in [5.74, 6) is -0.408. The molecule has 1 unspecified atom stereocenters. The molecular weight excluding hydrogens is 378 g/mol. The van der Waals surface area contributed by atoms with Gasteiger partial charge in [-0.1, -0.05) is 35.9 Å². The van der Waals surface area contributed by atoms with Crippen LogP contribution < -0.4 is 10.1 Å². The van der Waals surface area contributed by atoms with Crippen LogP contribution in [0.1, 0.15) is 35.4 Å². The summed E-state index contributed by atoms with van der Waals surface area (Å²) in [5, 5.41) is 6.69. The number of benzene rings is 1. The molecule has 1 N–H and O–H groups in total. The average Bonchev–Trinajstić information content (AvgIpc) is 3.28. The van der Waals surface area contributed by atoms with Gasteiger partial charge < -0.3 is 9.88 Å². The predicted octanol–water partition coefficient (Wildman–Crippen LogP) is 3.66. The highest BCUT2D eigenvalue weighted by Crippen LogP contribution is 2.22. The van der Waals surface area contributed by atoms with Crippen LogP contribution in [0, 0.1) is 6.92 Å². The Balaban J connectivity index is 1.76. The molecule has 1 atom stereocenters. The first-order valence-corrected chi connectivity index (χ1v) is 10.3. The Morgan fingerprint density at radius 1 is 1.15 bits per heavy atom. The Labute approximate surface area is 166 Å². The SMILES string of the molecule is CC(=O)NC(CC(=O)N=c1sccn1Cc1ccc(C)cc1)c1cccs1. The van der Waals surface area contributed by atoms with E-state index in [1.54, 1.807) is 0 Å². The van der Waals surface area contributed by atoms with Crippen LogP contribution in [0.2, 0.25) is 0 Å². The lowest BCUT2D eigenvalue weighted by atomic mass is 10.1. The van der Waals surface area contributed by atoms with Gasteiger partial charge in [-0.25, -0.2) is 0 Å². The highest BCUT2D eigenvalue weighted by Gasteiger charge is 2.18. The minimum Gasteiger partial charge on any atom is -0.348 e. The molecule has 0 aliphatic carbocycles. The van der Waals surface area contributed by atoms with E-state index in [1.165, 1.54) is 35.2 Å². The summed E-state index contributed by atoms with van der Waals surface area (Å²) in [7, 11) is 0. The molecule has 0 aliphatic heterocycles. The van der Waals surface area contributed by atoms with Crippen LogP contribution >= 0.6 is 22.7 Å². The van der Waals surface area contributed by atoms with Crippen LogP contribution in [-0.4, -0.2) is 16.4 Å². The first-order valence-electron chi connectivity index (χ1n) is 8.59. The summed E-state index contributed by atoms with van der Waals surface area (Å²) in [6.45, 7) is 4.17. The second-order valence-electron chi connectivity index (χ2n) is 6.28. The molecule has 2 amide bonds. The van der Waals surface area contributed by atoms with E-state index in [9.17, 15) is 9.59 Å². The molecule has 0 fully saturated rings. The quantitative estimate of drug-likeness (QED) is 0.687. The highest BCUT2D eigenvalue weighted by atomic mass is 32.1. The van der Waals surface area contributed by atoms with E-state index in [4.69, 9.17) is 0 Å². The first kappa shape index (κ1) is 19.3. The monoisotopic (exact) mass is 399 g/mol. The van der Waals surface area contributed by atoms with Crippen LogP contribution in [0.15, 0.2) is 58.3 Å². The van der Waals surface area contributed by atoms with E-state index < -0.39 is 0 Å². The van der Waals surface area contributed by atoms with Gasteiger partial charge in [-0.3, -0.25) is 9.59 Å². The van der Waals surface area contributed by atoms with Gasteiger partial charge in [-0.05, 0) is 23.9 Å². The molecule has 2 heterocycles. The number of rotatable bonds is 6. The molecule has 1 aromatic carbocycles. The summed E-state index contributed by atoms with van der Waals surface area (Å²) < 4.78 is 1.96. The largest absolute Gasteiger partial charge is 0.348 e. The highest BCUT2D eigenvalue weighted by molar-refractivity contribution is 7.10. The third-order valence-corrected chi connectivity index (χ3v) is 5.78. The number of thiazole rings is 1. The summed E-state index contributed by atoms with van der Waals surface area (Å²) in [6.07, 6.45) is 2.07. The van der Waals surface area contributed by atoms with Crippen molar-refractivity contribution in [3.63, 3.8) is 0 Å². The summed E-state index contributed by atoms with van der Waals surface area (Å²) in [6, 6.07) is 11.8. The van der Waals surface area contributed by atoms with Gasteiger partial charge in [0.15, 0.2) is 4.80 Å². The summed E-state index contributed by atoms with van der Waals surface area (Å²) in [4.78, 5) is 29.9. The van der Waals surface area contributed by atoms with Crippen molar-refractivity contribution >= 4 is 34.5 Å². The Morgan fingerprint density at radius 3 is 2.59 bits per heavy atom. The summed E-state index contributed by atoms with van der Waals surface area (Å²) >= 11 is 2.95. The zero-order valence-electron chi connectivity index (χ0n) is 15.2. The number of thiophene rings is 1. The fraction of sp³-hybridized carbons (Fsp3) is 0.250. The maximum atomic E-state index is 12.5. The molecule has 3 aromatic rings. The molecule has 0 spiro atoms. The van der Waals surface area contributed by atoms with Gasteiger partial charge in [0.05, 0.1) is 12.5 Å². The molecule has 3 rings (SSSR count). The Kier molecular flexibility index (Phi) is 6.36. The molecule has 27 heavy (non-hydrogen) atoms. The third kappa shape index (κ3) is 5.48. The number of aryl methyl sites for hydroxylation is 1. The molecule has 5 nitrogen and oxygen atoms in total. The van der Waals surface area contributed by atoms with E-state index in [0.29, 0.717) is 11.3 Å². The van der Waals surface area contributed by atoms with Crippen molar-refractivity contribution in [2.24, 2.45) is 4.99 Å². The molecule has 0 saturated heterocycles. The molecular formula is C20H21N3O2S2. The van der Waals surface area contributed by atoms with Crippen molar-refractivity contribution in [2.75, 3.05) is 0 Å². The molecule has 0 radical (unpaired) electrons. The fourth-order valence-electron chi connectivity index (χ4n) is 2.68. The maximum absolute atomic E-state index is 12.5. The number of aromatic nitrogens is 1. The number of hydrogen-bond acceptors (Lipinski definition) is 4. The van der Waals surface area contributed by atoms with Crippen molar-refractivity contribution < 1.29 is 9.59 Å². The van der Waals surface area contributed by atoms with Crippen molar-refractivity contribution in [3.05, 3.63) is 74.2 Å². The number of amides is 2. The smallest absolute Gasteiger partial charge is 0.250 e. The van der Waals surface area contributed by atoms with Gasteiger partial charge in [0.25, 0.3) is 5.91 Å². The average molecular weight is 400 g/mol. The molecule has 0 saturated carbocycles. The van der Waals surface area contributed by atoms with Crippen molar-refractivity contribution in [2.45, 2.75) is 32.9 Å². The molecule has 0 aliphatic rings. The number of nitrogens with one attached hydrogen (secondary N) is 1. The zero-order valence-corrected chi connectivity index (χ0v) is 16.8. The normalized spacial score (nSPS) is 12.7. The first-order chi connectivity index (χ1) is 13.0. The number of carbonyl (C=O) groups excluding carboxylic acids is 2. The van der Waals surface area contributed by atoms with E-state index in [-0.39, 0.29) is 24.3 Å². The lowest BCUT2D eigenvalue weighted by Gasteiger charge is -2.14. The van der Waals surface area contributed by atoms with Gasteiger partial charge in [-0.15, -0.1) is 22.7 Å². The maximum Gasteiger partial charge on any atom is 0.250 e. The third-order valence-electron chi connectivity index (χ3n) is 4.00. The standard InChI is InChI=1S/C20H21N3O2S2/c1-14-5-7-16(8-6-14)13-23-9-11-27-20(23)22-19(25)12-17(21-15(2)24)18-4-3-10-26-18/h3-11,17H,12-13H2,1-2H3,(H,21,24). The molecule has 2 aromatic heterocycles. The van der Waals surface area contributed by atoms with Crippen LogP contribution in [0.3, 0.4) is 0 Å². The van der Waals surface area contributed by atoms with E-state index in [1.807, 2.05) is 33.7 Å². The summed E-state index contributed by atoms with van der Waals surface area (Å²) in [5.41, 5.74) is 2.37. The number of carbonyl (C=O) groups is 2. The van der Waals surface area contributed by atoms with Crippen LogP contribution in [0.4, 0.5) is 0 Å². The Hall–Kier alpha value is -2.51. The van der Waals surface area contributed by atoms with E-state index >= 15 is 0 Å². The minimum atomic E-state index is -0.343. The minimum absolute atomic E-state index is 0.141. The van der Waals surface area contributed by atoms with E-state index in [0.717, 1.165) is 10.4 Å². The second-order valence-corrected chi connectivity index (χ2v) is 8.13. The molecule has 140 valence electrons. The van der Waals surface area contributed by atoms with Crippen molar-refractivity contribution in [1.29, 1.82) is 0 Å². The number of nitrogens with zero attached hydrogens (tertiary/aromatic N) is 2. The van der Waals surface area contributed by atoms with Crippen LogP contribution in [0.25, 0.3) is 0 Å². The lowest BCUT2D eigenvalue weighted by molar-refractivity contribution is -0.121. The van der Waals surface area contributed by atoms with Gasteiger partial charge in [-0.2, -0.15) is 4.99 Å². The van der Waals surface area contributed by atoms with Gasteiger partial charge in [0.1, 0.15) is 0 Å². The Bertz CT molecular complexity index is 969. The predicted molar refractivity (Wildman–Crippen MR) is 109 cm³/mol. The fourth-order valence-corrected chi connectivity index (χ4v) is 4.20. The lowest BCUT2D eigenvalue weighted by Crippen LogP contribution is -2.27. The van der Waals surface area contributed by atoms with E-state index in [2.05, 4.69) is 41.5 Å². The van der Waals surface area contributed by atoms with Gasteiger partial charge in [0.2, 0.25) is 5.91 Å². The van der Waals surface area contributed by atoms with Gasteiger partial charge in [0, 0.05) is 29.9 Å². The Morgan fingerprint density at radius 2 is 1.93 bits per heavy atom. The topological polar surface area (TPSA) is 63.5 Å². The number of hydrogen-bond donors (Lipinski definition) is 1.